The first-order valence-electron chi connectivity index (χ1n) is 9.45. The third-order valence-electron chi connectivity index (χ3n) is 5.12. The number of hydrogen-bond acceptors (Lipinski definition) is 5. The van der Waals surface area contributed by atoms with Crippen molar-refractivity contribution in [3.63, 3.8) is 0 Å². The third kappa shape index (κ3) is 3.88. The minimum atomic E-state index is -0.0802. The summed E-state index contributed by atoms with van der Waals surface area (Å²) in [5.74, 6) is 1.29. The van der Waals surface area contributed by atoms with Crippen molar-refractivity contribution in [1.82, 2.24) is 25.2 Å². The fourth-order valence-corrected chi connectivity index (χ4v) is 3.87. The van der Waals surface area contributed by atoms with Gasteiger partial charge in [-0.05, 0) is 59.6 Å². The van der Waals surface area contributed by atoms with Crippen molar-refractivity contribution in [2.24, 2.45) is 0 Å². The molecule has 0 spiro atoms. The summed E-state index contributed by atoms with van der Waals surface area (Å²) in [6.07, 6.45) is 3.96. The fourth-order valence-electron chi connectivity index (χ4n) is 3.52. The van der Waals surface area contributed by atoms with Crippen molar-refractivity contribution >= 4 is 33.3 Å². The molecule has 1 saturated heterocycles. The van der Waals surface area contributed by atoms with Crippen LogP contribution in [0.15, 0.2) is 41.0 Å². The van der Waals surface area contributed by atoms with Gasteiger partial charge in [0.2, 0.25) is 0 Å². The molecule has 0 radical (unpaired) electrons. The zero-order valence-corrected chi connectivity index (χ0v) is 17.3. The summed E-state index contributed by atoms with van der Waals surface area (Å²) in [4.78, 5) is 16.5. The van der Waals surface area contributed by atoms with E-state index in [0.717, 1.165) is 53.1 Å². The lowest BCUT2D eigenvalue weighted by molar-refractivity contribution is 0.0963. The van der Waals surface area contributed by atoms with E-state index in [1.165, 1.54) is 0 Å². The number of rotatable bonds is 5. The minimum absolute atomic E-state index is 0.0802. The van der Waals surface area contributed by atoms with Crippen molar-refractivity contribution in [2.75, 3.05) is 25.5 Å². The number of hydrogen-bond donors (Lipinski definition) is 3. The zero-order valence-electron chi connectivity index (χ0n) is 15.7. The number of nitrogens with one attached hydrogen (secondary N) is 3. The predicted molar refractivity (Wildman–Crippen MR) is 113 cm³/mol. The fraction of sp³-hybridized carbons (Fsp3) is 0.350. The molecule has 7 nitrogen and oxygen atoms in total. The average molecular weight is 443 g/mol. The molecule has 146 valence electrons. The lowest BCUT2D eigenvalue weighted by atomic mass is 9.94. The highest BCUT2D eigenvalue weighted by molar-refractivity contribution is 9.10. The molecule has 28 heavy (non-hydrogen) atoms. The molecule has 0 atom stereocenters. The second-order valence-corrected chi connectivity index (χ2v) is 7.80. The molecule has 0 bridgehead atoms. The van der Waals surface area contributed by atoms with Crippen LogP contribution in [-0.4, -0.2) is 40.6 Å². The van der Waals surface area contributed by atoms with Crippen molar-refractivity contribution in [3.8, 4) is 0 Å². The summed E-state index contributed by atoms with van der Waals surface area (Å²) >= 11 is 3.56. The molecule has 1 aliphatic rings. The topological polar surface area (TPSA) is 83.4 Å². The maximum Gasteiger partial charge on any atom is 0.251 e. The summed E-state index contributed by atoms with van der Waals surface area (Å²) in [6, 6.07) is 9.71. The average Bonchev–Trinajstić information content (AvgIpc) is 3.13. The Balaban J connectivity index is 1.58. The number of anilines is 1. The highest BCUT2D eigenvalue weighted by atomic mass is 79.9. The van der Waals surface area contributed by atoms with Gasteiger partial charge in [0, 0.05) is 36.8 Å². The zero-order chi connectivity index (χ0) is 19.5. The molecule has 8 heteroatoms. The summed E-state index contributed by atoms with van der Waals surface area (Å²) in [6.45, 7) is 2.69. The van der Waals surface area contributed by atoms with Crippen LogP contribution in [0.2, 0.25) is 0 Å². The van der Waals surface area contributed by atoms with Gasteiger partial charge in [0.05, 0.1) is 10.7 Å². The van der Waals surface area contributed by atoms with E-state index in [2.05, 4.69) is 43.0 Å². The maximum absolute atomic E-state index is 11.7. The Morgan fingerprint density at radius 1 is 1.29 bits per heavy atom. The molecule has 0 unspecified atom stereocenters. The Bertz CT molecular complexity index is 978. The van der Waals surface area contributed by atoms with E-state index in [4.69, 9.17) is 4.98 Å². The smallest absolute Gasteiger partial charge is 0.251 e. The van der Waals surface area contributed by atoms with Gasteiger partial charge in [0.15, 0.2) is 5.65 Å². The quantitative estimate of drug-likeness (QED) is 0.565. The first kappa shape index (κ1) is 18.9. The van der Waals surface area contributed by atoms with Crippen molar-refractivity contribution in [2.45, 2.75) is 25.3 Å². The molecule has 4 rings (SSSR count). The number of nitrogens with zero attached hydrogens (tertiary/aromatic N) is 3. The summed E-state index contributed by atoms with van der Waals surface area (Å²) in [5, 5.41) is 14.0. The van der Waals surface area contributed by atoms with E-state index in [-0.39, 0.29) is 5.91 Å². The van der Waals surface area contributed by atoms with E-state index < -0.39 is 0 Å². The molecule has 3 N–H and O–H groups in total. The summed E-state index contributed by atoms with van der Waals surface area (Å²) in [5.41, 5.74) is 3.68. The van der Waals surface area contributed by atoms with Crippen LogP contribution in [0.4, 0.5) is 5.82 Å². The third-order valence-corrected chi connectivity index (χ3v) is 5.68. The van der Waals surface area contributed by atoms with Crippen LogP contribution in [0.3, 0.4) is 0 Å². The van der Waals surface area contributed by atoms with Gasteiger partial charge in [-0.3, -0.25) is 4.79 Å². The number of carbonyl (C=O) groups is 1. The number of benzene rings is 1. The van der Waals surface area contributed by atoms with Crippen LogP contribution in [0, 0.1) is 0 Å². The van der Waals surface area contributed by atoms with Crippen LogP contribution >= 0.6 is 15.9 Å². The Kier molecular flexibility index (Phi) is 5.59. The van der Waals surface area contributed by atoms with Crippen molar-refractivity contribution in [1.29, 1.82) is 0 Å². The Morgan fingerprint density at radius 2 is 2.04 bits per heavy atom. The molecule has 1 fully saturated rings. The number of fused-ring (bicyclic) bond motifs is 1. The summed E-state index contributed by atoms with van der Waals surface area (Å²) in [7, 11) is 1.63. The normalized spacial score (nSPS) is 14.9. The molecular weight excluding hydrogens is 420 g/mol. The number of amides is 1. The molecule has 1 aromatic carbocycles. The highest BCUT2D eigenvalue weighted by Crippen LogP contribution is 2.28. The molecule has 3 heterocycles. The number of aromatic nitrogens is 3. The van der Waals surface area contributed by atoms with Gasteiger partial charge in [-0.1, -0.05) is 12.1 Å². The Hall–Kier alpha value is -2.45. The maximum atomic E-state index is 11.7. The van der Waals surface area contributed by atoms with E-state index in [1.807, 2.05) is 28.8 Å². The number of halogens is 1. The van der Waals surface area contributed by atoms with Crippen LogP contribution < -0.4 is 16.0 Å². The van der Waals surface area contributed by atoms with Crippen LogP contribution in [0.25, 0.3) is 5.65 Å². The molecule has 3 aromatic rings. The highest BCUT2D eigenvalue weighted by Gasteiger charge is 2.19. The number of carbonyl (C=O) groups excluding carboxylic acids is 1. The SMILES string of the molecule is CNC(=O)c1ccc(CNc2cc(C3CCNCC3)nc3c(Br)cnn23)cc1. The molecular formula is C20H23BrN6O. The largest absolute Gasteiger partial charge is 0.366 e. The lowest BCUT2D eigenvalue weighted by Crippen LogP contribution is -2.27. The monoisotopic (exact) mass is 442 g/mol. The minimum Gasteiger partial charge on any atom is -0.366 e. The molecule has 1 amide bonds. The molecule has 0 aliphatic carbocycles. The van der Waals surface area contributed by atoms with Gasteiger partial charge in [0.25, 0.3) is 5.91 Å². The van der Waals surface area contributed by atoms with E-state index in [9.17, 15) is 4.79 Å². The summed E-state index contributed by atoms with van der Waals surface area (Å²) < 4.78 is 2.72. The van der Waals surface area contributed by atoms with Gasteiger partial charge < -0.3 is 16.0 Å². The second-order valence-electron chi connectivity index (χ2n) is 6.95. The first-order chi connectivity index (χ1) is 13.7. The van der Waals surface area contributed by atoms with Gasteiger partial charge in [-0.2, -0.15) is 9.61 Å². The second kappa shape index (κ2) is 8.28. The van der Waals surface area contributed by atoms with Gasteiger partial charge >= 0.3 is 0 Å². The van der Waals surface area contributed by atoms with Crippen LogP contribution in [0.5, 0.6) is 0 Å². The van der Waals surface area contributed by atoms with E-state index in [1.54, 1.807) is 13.2 Å². The number of piperidine rings is 1. The van der Waals surface area contributed by atoms with E-state index >= 15 is 0 Å². The standard InChI is InChI=1S/C20H23BrN6O/c1-22-20(28)15-4-2-13(3-5-15)11-24-18-10-17(14-6-8-23-9-7-14)26-19-16(21)12-25-27(18)19/h2-5,10,12,14,23-24H,6-9,11H2,1H3,(H,22,28). The molecule has 2 aromatic heterocycles. The first-order valence-corrected chi connectivity index (χ1v) is 10.2. The van der Waals surface area contributed by atoms with Crippen molar-refractivity contribution < 1.29 is 4.79 Å². The predicted octanol–water partition coefficient (Wildman–Crippen LogP) is 2.93. The molecule has 1 aliphatic heterocycles. The molecule has 0 saturated carbocycles. The Morgan fingerprint density at radius 3 is 2.75 bits per heavy atom. The van der Waals surface area contributed by atoms with Gasteiger partial charge in [-0.25, -0.2) is 4.98 Å². The van der Waals surface area contributed by atoms with E-state index in [0.29, 0.717) is 18.0 Å². The van der Waals surface area contributed by atoms with Gasteiger partial charge in [-0.15, -0.1) is 0 Å². The van der Waals surface area contributed by atoms with Crippen LogP contribution in [-0.2, 0) is 6.54 Å². The van der Waals surface area contributed by atoms with Crippen LogP contribution in [0.1, 0.15) is 40.4 Å². The van der Waals surface area contributed by atoms with Crippen molar-refractivity contribution in [3.05, 3.63) is 57.8 Å². The Labute approximate surface area is 172 Å². The lowest BCUT2D eigenvalue weighted by Gasteiger charge is -2.23. The van der Waals surface area contributed by atoms with Gasteiger partial charge in [0.1, 0.15) is 5.82 Å².